The van der Waals surface area contributed by atoms with Crippen molar-refractivity contribution in [2.75, 3.05) is 33.7 Å². The lowest BCUT2D eigenvalue weighted by Crippen LogP contribution is -2.41. The molecule has 0 bridgehead atoms. The van der Waals surface area contributed by atoms with Gasteiger partial charge in [0, 0.05) is 31.1 Å². The molecule has 0 N–H and O–H groups in total. The minimum atomic E-state index is -0.357. The summed E-state index contributed by atoms with van der Waals surface area (Å²) in [5, 5.41) is 0. The number of Topliss-reactive ketones (excluding diaryl/α,β-unsaturated/α-hetero) is 1. The molecule has 0 aliphatic carbocycles. The van der Waals surface area contributed by atoms with Crippen molar-refractivity contribution in [1.29, 1.82) is 0 Å². The first kappa shape index (κ1) is 16.8. The fourth-order valence-electron chi connectivity index (χ4n) is 2.39. The Hall–Kier alpha value is -1.26. The second-order valence-corrected chi connectivity index (χ2v) is 5.42. The van der Waals surface area contributed by atoms with Crippen molar-refractivity contribution in [3.63, 3.8) is 0 Å². The van der Waals surface area contributed by atoms with Gasteiger partial charge in [-0.05, 0) is 39.7 Å². The molecular formula is C16H25FN2O. The molecule has 0 aliphatic rings. The number of ketones is 1. The van der Waals surface area contributed by atoms with Gasteiger partial charge in [0.2, 0.25) is 0 Å². The van der Waals surface area contributed by atoms with Crippen molar-refractivity contribution in [2.24, 2.45) is 0 Å². The minimum Gasteiger partial charge on any atom is -0.308 e. The van der Waals surface area contributed by atoms with Crippen LogP contribution in [0.4, 0.5) is 4.39 Å². The molecule has 1 aromatic carbocycles. The number of carbonyl (C=O) groups excluding carboxylic acids is 1. The lowest BCUT2D eigenvalue weighted by atomic mass is 10.1. The van der Waals surface area contributed by atoms with Crippen LogP contribution in [0.25, 0.3) is 0 Å². The Labute approximate surface area is 121 Å². The molecule has 1 atom stereocenters. The third-order valence-electron chi connectivity index (χ3n) is 3.43. The van der Waals surface area contributed by atoms with Crippen LogP contribution in [0.2, 0.25) is 0 Å². The molecular weight excluding hydrogens is 255 g/mol. The van der Waals surface area contributed by atoms with Crippen molar-refractivity contribution >= 4 is 5.78 Å². The van der Waals surface area contributed by atoms with Crippen LogP contribution in [0.15, 0.2) is 24.3 Å². The van der Waals surface area contributed by atoms with Gasteiger partial charge in [-0.2, -0.15) is 0 Å². The van der Waals surface area contributed by atoms with E-state index in [0.29, 0.717) is 24.6 Å². The van der Waals surface area contributed by atoms with Crippen LogP contribution < -0.4 is 0 Å². The molecule has 112 valence electrons. The Kier molecular flexibility index (Phi) is 6.82. The Balaban J connectivity index is 2.53. The third kappa shape index (κ3) is 5.39. The molecule has 20 heavy (non-hydrogen) atoms. The number of hydrogen-bond donors (Lipinski definition) is 0. The van der Waals surface area contributed by atoms with E-state index in [9.17, 15) is 9.18 Å². The van der Waals surface area contributed by atoms with E-state index in [1.165, 1.54) is 12.1 Å². The lowest BCUT2D eigenvalue weighted by molar-refractivity contribution is 0.0948. The molecule has 4 heteroatoms. The molecule has 0 amide bonds. The molecule has 1 aromatic rings. The topological polar surface area (TPSA) is 23.6 Å². The summed E-state index contributed by atoms with van der Waals surface area (Å²) in [4.78, 5) is 16.5. The van der Waals surface area contributed by atoms with Gasteiger partial charge in [0.15, 0.2) is 5.78 Å². The van der Waals surface area contributed by atoms with Gasteiger partial charge in [0.25, 0.3) is 0 Å². The zero-order chi connectivity index (χ0) is 15.1. The number of hydrogen-bond acceptors (Lipinski definition) is 3. The van der Waals surface area contributed by atoms with Gasteiger partial charge in [-0.25, -0.2) is 4.39 Å². The van der Waals surface area contributed by atoms with Gasteiger partial charge in [0.1, 0.15) is 5.82 Å². The number of rotatable bonds is 8. The second kappa shape index (κ2) is 8.12. The van der Waals surface area contributed by atoms with Crippen LogP contribution >= 0.6 is 0 Å². The summed E-state index contributed by atoms with van der Waals surface area (Å²) in [5.41, 5.74) is 0.460. The minimum absolute atomic E-state index is 0.00000283. The highest BCUT2D eigenvalue weighted by molar-refractivity contribution is 5.96. The van der Waals surface area contributed by atoms with Crippen LogP contribution in [-0.4, -0.2) is 55.4 Å². The summed E-state index contributed by atoms with van der Waals surface area (Å²) >= 11 is 0. The lowest BCUT2D eigenvalue weighted by Gasteiger charge is -2.29. The van der Waals surface area contributed by atoms with E-state index < -0.39 is 0 Å². The molecule has 1 unspecified atom stereocenters. The number of benzene rings is 1. The first-order chi connectivity index (χ1) is 9.43. The van der Waals surface area contributed by atoms with Gasteiger partial charge in [0.05, 0.1) is 0 Å². The molecule has 0 radical (unpaired) electrons. The van der Waals surface area contributed by atoms with Gasteiger partial charge in [-0.15, -0.1) is 0 Å². The molecule has 0 aliphatic heterocycles. The maximum Gasteiger partial charge on any atom is 0.164 e. The highest BCUT2D eigenvalue weighted by atomic mass is 19.1. The first-order valence-corrected chi connectivity index (χ1v) is 7.11. The zero-order valence-corrected chi connectivity index (χ0v) is 12.9. The van der Waals surface area contributed by atoms with E-state index in [0.717, 1.165) is 13.1 Å². The highest BCUT2D eigenvalue weighted by Gasteiger charge is 2.15. The van der Waals surface area contributed by atoms with E-state index in [4.69, 9.17) is 0 Å². The predicted molar refractivity (Wildman–Crippen MR) is 80.6 cm³/mol. The number of carbonyl (C=O) groups is 1. The third-order valence-corrected chi connectivity index (χ3v) is 3.43. The summed E-state index contributed by atoms with van der Waals surface area (Å²) in [7, 11) is 4.09. The number of likely N-dealkylation sites (N-methyl/N-ethyl adjacent to an activating group) is 2. The Bertz CT molecular complexity index is 434. The van der Waals surface area contributed by atoms with E-state index in [-0.39, 0.29) is 11.6 Å². The Morgan fingerprint density at radius 2 is 2.05 bits per heavy atom. The summed E-state index contributed by atoms with van der Waals surface area (Å²) < 4.78 is 13.1. The number of halogens is 1. The Morgan fingerprint density at radius 1 is 1.35 bits per heavy atom. The number of nitrogens with zero attached hydrogens (tertiary/aromatic N) is 2. The summed E-state index contributed by atoms with van der Waals surface area (Å²) in [6.07, 6.45) is 0.426. The maximum absolute atomic E-state index is 13.1. The van der Waals surface area contributed by atoms with Crippen molar-refractivity contribution in [2.45, 2.75) is 26.3 Å². The summed E-state index contributed by atoms with van der Waals surface area (Å²) in [6, 6.07) is 6.31. The quantitative estimate of drug-likeness (QED) is 0.684. The van der Waals surface area contributed by atoms with Crippen molar-refractivity contribution in [3.8, 4) is 0 Å². The second-order valence-electron chi connectivity index (χ2n) is 5.42. The smallest absolute Gasteiger partial charge is 0.164 e. The molecule has 0 aromatic heterocycles. The molecule has 0 saturated heterocycles. The van der Waals surface area contributed by atoms with Gasteiger partial charge >= 0.3 is 0 Å². The van der Waals surface area contributed by atoms with E-state index >= 15 is 0 Å². The van der Waals surface area contributed by atoms with Crippen LogP contribution in [0.1, 0.15) is 30.6 Å². The molecule has 0 heterocycles. The van der Waals surface area contributed by atoms with E-state index in [1.807, 2.05) is 14.1 Å². The normalized spacial score (nSPS) is 12.9. The average Bonchev–Trinajstić information content (AvgIpc) is 2.38. The fraction of sp³-hybridized carbons (Fsp3) is 0.562. The zero-order valence-electron chi connectivity index (χ0n) is 12.9. The van der Waals surface area contributed by atoms with E-state index in [2.05, 4.69) is 23.6 Å². The Morgan fingerprint density at radius 3 is 2.60 bits per heavy atom. The van der Waals surface area contributed by atoms with E-state index in [1.54, 1.807) is 12.1 Å². The average molecular weight is 280 g/mol. The van der Waals surface area contributed by atoms with Crippen molar-refractivity contribution < 1.29 is 9.18 Å². The largest absolute Gasteiger partial charge is 0.308 e. The van der Waals surface area contributed by atoms with Crippen molar-refractivity contribution in [1.82, 2.24) is 9.80 Å². The highest BCUT2D eigenvalue weighted by Crippen LogP contribution is 2.08. The van der Waals surface area contributed by atoms with Crippen molar-refractivity contribution in [3.05, 3.63) is 35.6 Å². The monoisotopic (exact) mass is 280 g/mol. The molecule has 0 fully saturated rings. The molecule has 0 saturated carbocycles. The molecule has 0 spiro atoms. The SMILES string of the molecule is CCN(CCC(=O)c1cccc(F)c1)C(C)CN(C)C. The predicted octanol–water partition coefficient (Wildman–Crippen LogP) is 2.67. The van der Waals surface area contributed by atoms with Crippen LogP contribution in [0, 0.1) is 5.82 Å². The maximum atomic E-state index is 13.1. The summed E-state index contributed by atoms with van der Waals surface area (Å²) in [5.74, 6) is -0.357. The van der Waals surface area contributed by atoms with Gasteiger partial charge < -0.3 is 4.90 Å². The molecule has 3 nitrogen and oxygen atoms in total. The van der Waals surface area contributed by atoms with Crippen LogP contribution in [0.3, 0.4) is 0 Å². The van der Waals surface area contributed by atoms with Crippen LogP contribution in [0.5, 0.6) is 0 Å². The van der Waals surface area contributed by atoms with Gasteiger partial charge in [-0.3, -0.25) is 9.69 Å². The summed E-state index contributed by atoms with van der Waals surface area (Å²) in [6.45, 7) is 6.84. The standard InChI is InChI=1S/C16H25FN2O/c1-5-19(13(2)12-18(3)4)10-9-16(20)14-7-6-8-15(17)11-14/h6-8,11,13H,5,9-10,12H2,1-4H3. The first-order valence-electron chi connectivity index (χ1n) is 7.11. The van der Waals surface area contributed by atoms with Gasteiger partial charge in [-0.1, -0.05) is 19.1 Å². The fourth-order valence-corrected chi connectivity index (χ4v) is 2.39. The van der Waals surface area contributed by atoms with Crippen LogP contribution in [-0.2, 0) is 0 Å². The molecule has 1 rings (SSSR count).